The van der Waals surface area contributed by atoms with Gasteiger partial charge in [-0.25, -0.2) is 9.97 Å². The second-order valence-electron chi connectivity index (χ2n) is 10.9. The van der Waals surface area contributed by atoms with Gasteiger partial charge in [-0.1, -0.05) is 18.2 Å². The molecule has 0 spiro atoms. The number of fused-ring (bicyclic) bond motifs is 1. The quantitative estimate of drug-likeness (QED) is 0.165. The molecular weight excluding hydrogens is 509 g/mol. The molecule has 3 aromatic heterocycles. The van der Waals surface area contributed by atoms with E-state index >= 15 is 0 Å². The van der Waals surface area contributed by atoms with Gasteiger partial charge in [0.05, 0.1) is 5.41 Å². The van der Waals surface area contributed by atoms with Crippen molar-refractivity contribution in [2.24, 2.45) is 5.41 Å². The van der Waals surface area contributed by atoms with Gasteiger partial charge in [-0.15, -0.1) is 0 Å². The number of ether oxygens (including phenoxy) is 1. The fourth-order valence-corrected chi connectivity index (χ4v) is 4.09. The summed E-state index contributed by atoms with van der Waals surface area (Å²) in [5.41, 5.74) is 3.55. The minimum absolute atomic E-state index is 0.217. The number of aromatic nitrogens is 3. The first-order chi connectivity index (χ1) is 18.9. The van der Waals surface area contributed by atoms with E-state index in [-0.39, 0.29) is 11.9 Å². The van der Waals surface area contributed by atoms with Crippen LogP contribution in [0.25, 0.3) is 33.3 Å². The Morgan fingerprint density at radius 2 is 1.88 bits per heavy atom. The van der Waals surface area contributed by atoms with Crippen LogP contribution in [0, 0.1) is 11.4 Å². The summed E-state index contributed by atoms with van der Waals surface area (Å²) in [5, 5.41) is 3.64. The summed E-state index contributed by atoms with van der Waals surface area (Å²) in [5.74, 6) is -1.16. The van der Waals surface area contributed by atoms with E-state index in [2.05, 4.69) is 10.3 Å². The van der Waals surface area contributed by atoms with E-state index in [1.54, 1.807) is 50.6 Å². The van der Waals surface area contributed by atoms with Crippen molar-refractivity contribution in [2.45, 2.75) is 33.9 Å². The van der Waals surface area contributed by atoms with Crippen molar-refractivity contribution in [3.05, 3.63) is 79.2 Å². The lowest BCUT2D eigenvalue weighted by molar-refractivity contribution is -0.162. The smallest absolute Gasteiger partial charge is 0.313 e. The maximum absolute atomic E-state index is 14.1. The molecule has 0 saturated heterocycles. The van der Waals surface area contributed by atoms with Gasteiger partial charge in [0, 0.05) is 59.5 Å². The molecule has 1 amide bonds. The van der Waals surface area contributed by atoms with E-state index < -0.39 is 17.6 Å². The molecule has 40 heavy (non-hydrogen) atoms. The summed E-state index contributed by atoms with van der Waals surface area (Å²) < 4.78 is 21.6. The Kier molecular flexibility index (Phi) is 8.44. The van der Waals surface area contributed by atoms with Gasteiger partial charge in [0.2, 0.25) is 11.9 Å². The molecule has 208 valence electrons. The number of amides is 1. The lowest BCUT2D eigenvalue weighted by Crippen LogP contribution is -2.26. The number of anilines is 1. The summed E-state index contributed by atoms with van der Waals surface area (Å²) in [6.07, 6.45) is 7.61. The third-order valence-electron chi connectivity index (χ3n) is 6.19. The molecule has 0 bridgehead atoms. The van der Waals surface area contributed by atoms with Gasteiger partial charge in [-0.2, -0.15) is 4.39 Å². The second kappa shape index (κ2) is 11.8. The molecule has 4 aromatic rings. The number of esters is 1. The standard InChI is InChI=1S/C31H34FN5O3/c1-20(40-30(39)31(2,3)4)37-19-26(22-12-13-33-27(32)17-22)25-16-23(18-34-29(25)37)21-9-7-10-24(15-21)35-28(38)11-8-14-36(5)6/h7-13,15-20H,14H2,1-6H3,(H,35,38). The first-order valence-corrected chi connectivity index (χ1v) is 13.0. The third-order valence-corrected chi connectivity index (χ3v) is 6.19. The summed E-state index contributed by atoms with van der Waals surface area (Å²) in [4.78, 5) is 35.3. The zero-order chi connectivity index (χ0) is 29.0. The van der Waals surface area contributed by atoms with Crippen molar-refractivity contribution >= 4 is 28.6 Å². The highest BCUT2D eigenvalue weighted by atomic mass is 19.1. The van der Waals surface area contributed by atoms with Crippen LogP contribution in [0.4, 0.5) is 10.1 Å². The Labute approximate surface area is 233 Å². The fraction of sp³-hybridized carbons (Fsp3) is 0.290. The van der Waals surface area contributed by atoms with Gasteiger partial charge in [-0.05, 0) is 77.2 Å². The second-order valence-corrected chi connectivity index (χ2v) is 10.9. The number of nitrogens with zero attached hydrogens (tertiary/aromatic N) is 4. The summed E-state index contributed by atoms with van der Waals surface area (Å²) >= 11 is 0. The number of benzene rings is 1. The number of pyridine rings is 2. The van der Waals surface area contributed by atoms with Gasteiger partial charge < -0.3 is 15.0 Å². The Hall–Kier alpha value is -4.37. The number of rotatable bonds is 8. The lowest BCUT2D eigenvalue weighted by atomic mass is 9.97. The molecule has 1 N–H and O–H groups in total. The average Bonchev–Trinajstić information content (AvgIpc) is 3.27. The van der Waals surface area contributed by atoms with Crippen LogP contribution in [0.3, 0.4) is 0 Å². The molecule has 0 fully saturated rings. The van der Waals surface area contributed by atoms with Gasteiger partial charge in [0.1, 0.15) is 5.65 Å². The van der Waals surface area contributed by atoms with Crippen molar-refractivity contribution in [3.8, 4) is 22.3 Å². The van der Waals surface area contributed by atoms with Gasteiger partial charge in [0.25, 0.3) is 0 Å². The molecule has 0 aliphatic heterocycles. The SMILES string of the molecule is CC(OC(=O)C(C)(C)C)n1cc(-c2ccnc(F)c2)c2cc(-c3cccc(NC(=O)C=CCN(C)C)c3)cnc21. The Balaban J connectivity index is 1.73. The van der Waals surface area contributed by atoms with Gasteiger partial charge in [-0.3, -0.25) is 14.2 Å². The predicted octanol–water partition coefficient (Wildman–Crippen LogP) is 6.07. The average molecular weight is 544 g/mol. The van der Waals surface area contributed by atoms with E-state index in [1.807, 2.05) is 55.5 Å². The van der Waals surface area contributed by atoms with Crippen molar-refractivity contribution in [1.29, 1.82) is 0 Å². The largest absolute Gasteiger partial charge is 0.441 e. The van der Waals surface area contributed by atoms with Crippen LogP contribution < -0.4 is 5.32 Å². The molecule has 9 heteroatoms. The van der Waals surface area contributed by atoms with Gasteiger partial charge in [0.15, 0.2) is 6.23 Å². The molecule has 0 saturated carbocycles. The predicted molar refractivity (Wildman–Crippen MR) is 155 cm³/mol. The van der Waals surface area contributed by atoms with Crippen molar-refractivity contribution in [1.82, 2.24) is 19.4 Å². The van der Waals surface area contributed by atoms with E-state index in [1.165, 1.54) is 18.3 Å². The van der Waals surface area contributed by atoms with Gasteiger partial charge >= 0.3 is 5.97 Å². The fourth-order valence-electron chi connectivity index (χ4n) is 4.09. The van der Waals surface area contributed by atoms with E-state index in [4.69, 9.17) is 9.72 Å². The van der Waals surface area contributed by atoms with Crippen LogP contribution >= 0.6 is 0 Å². The molecule has 3 heterocycles. The molecule has 1 aromatic carbocycles. The minimum Gasteiger partial charge on any atom is -0.441 e. The Bertz CT molecular complexity index is 1570. The topological polar surface area (TPSA) is 89.3 Å². The Morgan fingerprint density at radius 3 is 2.58 bits per heavy atom. The number of likely N-dealkylation sites (N-methyl/N-ethyl adjacent to an activating group) is 1. The number of hydrogen-bond donors (Lipinski definition) is 1. The summed E-state index contributed by atoms with van der Waals surface area (Å²) in [6.45, 7) is 7.82. The number of nitrogens with one attached hydrogen (secondary N) is 1. The highest BCUT2D eigenvalue weighted by Crippen LogP contribution is 2.35. The minimum atomic E-state index is -0.669. The van der Waals surface area contributed by atoms with E-state index in [0.717, 1.165) is 22.1 Å². The number of carbonyl (C=O) groups excluding carboxylic acids is 2. The molecule has 1 atom stereocenters. The molecular formula is C31H34FN5O3. The first kappa shape index (κ1) is 28.6. The van der Waals surface area contributed by atoms with E-state index in [9.17, 15) is 14.0 Å². The molecule has 0 aliphatic carbocycles. The maximum Gasteiger partial charge on any atom is 0.313 e. The Morgan fingerprint density at radius 1 is 1.10 bits per heavy atom. The summed E-state index contributed by atoms with van der Waals surface area (Å²) in [6, 6.07) is 12.5. The van der Waals surface area contributed by atoms with Crippen molar-refractivity contribution in [3.63, 3.8) is 0 Å². The van der Waals surface area contributed by atoms with Crippen LogP contribution in [-0.2, 0) is 14.3 Å². The molecule has 0 radical (unpaired) electrons. The molecule has 0 aliphatic rings. The van der Waals surface area contributed by atoms with Crippen molar-refractivity contribution in [2.75, 3.05) is 26.0 Å². The normalized spacial score (nSPS) is 12.7. The highest BCUT2D eigenvalue weighted by Gasteiger charge is 2.27. The van der Waals surface area contributed by atoms with Crippen molar-refractivity contribution < 1.29 is 18.7 Å². The zero-order valence-electron chi connectivity index (χ0n) is 23.6. The van der Waals surface area contributed by atoms with Crippen LogP contribution in [0.2, 0.25) is 0 Å². The maximum atomic E-state index is 14.1. The lowest BCUT2D eigenvalue weighted by Gasteiger charge is -2.22. The molecule has 1 unspecified atom stereocenters. The molecule has 8 nitrogen and oxygen atoms in total. The number of hydrogen-bond acceptors (Lipinski definition) is 6. The van der Waals surface area contributed by atoms with Crippen LogP contribution in [-0.4, -0.2) is 52.0 Å². The monoisotopic (exact) mass is 543 g/mol. The number of carbonyl (C=O) groups is 2. The van der Waals surface area contributed by atoms with Crippen LogP contribution in [0.15, 0.2) is 73.2 Å². The zero-order valence-corrected chi connectivity index (χ0v) is 23.6. The number of halogens is 1. The first-order valence-electron chi connectivity index (χ1n) is 13.0. The van der Waals surface area contributed by atoms with Crippen LogP contribution in [0.1, 0.15) is 33.9 Å². The van der Waals surface area contributed by atoms with Crippen LogP contribution in [0.5, 0.6) is 0 Å². The summed E-state index contributed by atoms with van der Waals surface area (Å²) in [7, 11) is 3.86. The molecule has 4 rings (SSSR count). The highest BCUT2D eigenvalue weighted by molar-refractivity contribution is 6.00. The van der Waals surface area contributed by atoms with E-state index in [0.29, 0.717) is 23.4 Å². The third kappa shape index (κ3) is 6.79.